The molecule has 0 aliphatic rings. The Morgan fingerprint density at radius 3 is 2.53 bits per heavy atom. The van der Waals surface area contributed by atoms with Crippen LogP contribution >= 0.6 is 11.3 Å². The predicted octanol–water partition coefficient (Wildman–Crippen LogP) is 3.46. The van der Waals surface area contributed by atoms with Crippen LogP contribution in [0.4, 0.5) is 5.00 Å². The lowest BCUT2D eigenvalue weighted by Crippen LogP contribution is -2.10. The standard InChI is InChI=1S/C14H13NO3S/c1-2-12(16)15-13-10(14(17)18)8-11(19-13)9-6-4-3-5-7-9/h3-8H,2H2,1H3,(H,15,16)(H,17,18). The first-order valence-electron chi connectivity index (χ1n) is 5.84. The minimum atomic E-state index is -1.04. The number of nitrogens with one attached hydrogen (secondary N) is 1. The van der Waals surface area contributed by atoms with Crippen LogP contribution in [0.15, 0.2) is 36.4 Å². The van der Waals surface area contributed by atoms with E-state index < -0.39 is 5.97 Å². The second-order valence-electron chi connectivity index (χ2n) is 3.93. The lowest BCUT2D eigenvalue weighted by molar-refractivity contribution is -0.115. The molecule has 0 bridgehead atoms. The molecule has 0 saturated heterocycles. The van der Waals surface area contributed by atoms with Crippen LogP contribution in [-0.4, -0.2) is 17.0 Å². The van der Waals surface area contributed by atoms with E-state index in [1.54, 1.807) is 13.0 Å². The number of hydrogen-bond donors (Lipinski definition) is 2. The summed E-state index contributed by atoms with van der Waals surface area (Å²) in [7, 11) is 0. The van der Waals surface area contributed by atoms with E-state index in [0.29, 0.717) is 11.4 Å². The number of carboxylic acid groups (broad SMARTS) is 1. The van der Waals surface area contributed by atoms with Gasteiger partial charge in [0, 0.05) is 11.3 Å². The van der Waals surface area contributed by atoms with Crippen LogP contribution in [0.5, 0.6) is 0 Å². The molecule has 0 radical (unpaired) electrons. The van der Waals surface area contributed by atoms with Crippen molar-refractivity contribution >= 4 is 28.2 Å². The molecule has 2 rings (SSSR count). The Balaban J connectivity index is 2.41. The maximum absolute atomic E-state index is 11.4. The molecule has 0 fully saturated rings. The molecule has 1 aromatic carbocycles. The average molecular weight is 275 g/mol. The summed E-state index contributed by atoms with van der Waals surface area (Å²) in [5.41, 5.74) is 1.07. The van der Waals surface area contributed by atoms with Crippen LogP contribution in [0.25, 0.3) is 10.4 Å². The molecule has 4 nitrogen and oxygen atoms in total. The molecule has 0 saturated carbocycles. The number of rotatable bonds is 4. The molecule has 0 atom stereocenters. The summed E-state index contributed by atoms with van der Waals surface area (Å²) in [6.45, 7) is 1.72. The number of carbonyl (C=O) groups excluding carboxylic acids is 1. The molecule has 2 N–H and O–H groups in total. The maximum atomic E-state index is 11.4. The van der Waals surface area contributed by atoms with E-state index in [1.807, 2.05) is 30.3 Å². The van der Waals surface area contributed by atoms with Gasteiger partial charge in [0.15, 0.2) is 0 Å². The van der Waals surface area contributed by atoms with Gasteiger partial charge in [0.25, 0.3) is 0 Å². The van der Waals surface area contributed by atoms with Gasteiger partial charge in [-0.2, -0.15) is 0 Å². The third kappa shape index (κ3) is 3.00. The summed E-state index contributed by atoms with van der Waals surface area (Å²) in [4.78, 5) is 23.4. The van der Waals surface area contributed by atoms with Gasteiger partial charge in [-0.25, -0.2) is 4.79 Å². The van der Waals surface area contributed by atoms with Crippen LogP contribution in [0.2, 0.25) is 0 Å². The first-order chi connectivity index (χ1) is 9.11. The number of thiophene rings is 1. The van der Waals surface area contributed by atoms with Crippen LogP contribution in [0, 0.1) is 0 Å². The van der Waals surface area contributed by atoms with E-state index in [0.717, 1.165) is 10.4 Å². The smallest absolute Gasteiger partial charge is 0.338 e. The molecule has 2 aromatic rings. The number of benzene rings is 1. The fourth-order valence-corrected chi connectivity index (χ4v) is 2.67. The second kappa shape index (κ2) is 5.67. The van der Waals surface area contributed by atoms with Gasteiger partial charge in [-0.3, -0.25) is 4.79 Å². The van der Waals surface area contributed by atoms with E-state index in [9.17, 15) is 9.59 Å². The lowest BCUT2D eigenvalue weighted by atomic mass is 10.1. The van der Waals surface area contributed by atoms with Crippen molar-refractivity contribution in [1.29, 1.82) is 0 Å². The van der Waals surface area contributed by atoms with Gasteiger partial charge in [-0.05, 0) is 11.6 Å². The number of carboxylic acids is 1. The number of aromatic carboxylic acids is 1. The highest BCUT2D eigenvalue weighted by Gasteiger charge is 2.17. The van der Waals surface area contributed by atoms with Gasteiger partial charge in [0.05, 0.1) is 5.56 Å². The van der Waals surface area contributed by atoms with E-state index >= 15 is 0 Å². The summed E-state index contributed by atoms with van der Waals surface area (Å²) in [6.07, 6.45) is 0.317. The minimum Gasteiger partial charge on any atom is -0.478 e. The third-order valence-electron chi connectivity index (χ3n) is 2.59. The molecule has 98 valence electrons. The summed E-state index contributed by atoms with van der Waals surface area (Å²) in [5.74, 6) is -1.23. The van der Waals surface area contributed by atoms with Crippen molar-refractivity contribution in [3.05, 3.63) is 42.0 Å². The van der Waals surface area contributed by atoms with Gasteiger partial charge in [-0.1, -0.05) is 37.3 Å². The second-order valence-corrected chi connectivity index (χ2v) is 4.98. The first kappa shape index (κ1) is 13.3. The van der Waals surface area contributed by atoms with Crippen LogP contribution in [0.3, 0.4) is 0 Å². The fourth-order valence-electron chi connectivity index (χ4n) is 1.60. The Bertz CT molecular complexity index is 604. The normalized spacial score (nSPS) is 10.2. The fraction of sp³-hybridized carbons (Fsp3) is 0.143. The summed E-state index contributed by atoms with van der Waals surface area (Å²) in [6, 6.07) is 11.1. The molecule has 1 aromatic heterocycles. The zero-order chi connectivity index (χ0) is 13.8. The Kier molecular flexibility index (Phi) is 3.97. The van der Waals surface area contributed by atoms with Crippen molar-refractivity contribution in [2.45, 2.75) is 13.3 Å². The van der Waals surface area contributed by atoms with E-state index in [-0.39, 0.29) is 11.5 Å². The number of carbonyl (C=O) groups is 2. The molecule has 0 aliphatic heterocycles. The van der Waals surface area contributed by atoms with Gasteiger partial charge >= 0.3 is 5.97 Å². The van der Waals surface area contributed by atoms with Crippen LogP contribution in [0.1, 0.15) is 23.7 Å². The molecule has 1 heterocycles. The zero-order valence-electron chi connectivity index (χ0n) is 10.3. The minimum absolute atomic E-state index is 0.130. The maximum Gasteiger partial charge on any atom is 0.338 e. The molecule has 1 amide bonds. The van der Waals surface area contributed by atoms with E-state index in [4.69, 9.17) is 5.11 Å². The van der Waals surface area contributed by atoms with Crippen molar-refractivity contribution in [2.24, 2.45) is 0 Å². The summed E-state index contributed by atoms with van der Waals surface area (Å²) >= 11 is 1.27. The van der Waals surface area contributed by atoms with Gasteiger partial charge in [0.1, 0.15) is 5.00 Å². The molecule has 0 unspecified atom stereocenters. The monoisotopic (exact) mass is 275 g/mol. The van der Waals surface area contributed by atoms with E-state index in [1.165, 1.54) is 11.3 Å². The van der Waals surface area contributed by atoms with Crippen LogP contribution in [-0.2, 0) is 4.79 Å². The van der Waals surface area contributed by atoms with Gasteiger partial charge < -0.3 is 10.4 Å². The highest BCUT2D eigenvalue weighted by Crippen LogP contribution is 2.35. The molecular formula is C14H13NO3S. The Morgan fingerprint density at radius 1 is 1.26 bits per heavy atom. The Labute approximate surface area is 114 Å². The van der Waals surface area contributed by atoms with Gasteiger partial charge in [-0.15, -0.1) is 11.3 Å². The summed E-state index contributed by atoms with van der Waals surface area (Å²) < 4.78 is 0. The molecule has 19 heavy (non-hydrogen) atoms. The molecule has 0 aliphatic carbocycles. The quantitative estimate of drug-likeness (QED) is 0.898. The van der Waals surface area contributed by atoms with Crippen molar-refractivity contribution < 1.29 is 14.7 Å². The van der Waals surface area contributed by atoms with Crippen molar-refractivity contribution in [1.82, 2.24) is 0 Å². The average Bonchev–Trinajstić information content (AvgIpc) is 2.83. The van der Waals surface area contributed by atoms with Gasteiger partial charge in [0.2, 0.25) is 5.91 Å². The largest absolute Gasteiger partial charge is 0.478 e. The topological polar surface area (TPSA) is 66.4 Å². The van der Waals surface area contributed by atoms with E-state index in [2.05, 4.69) is 5.32 Å². The van der Waals surface area contributed by atoms with Crippen molar-refractivity contribution in [3.8, 4) is 10.4 Å². The highest BCUT2D eigenvalue weighted by atomic mass is 32.1. The SMILES string of the molecule is CCC(=O)Nc1sc(-c2ccccc2)cc1C(=O)O. The van der Waals surface area contributed by atoms with Crippen molar-refractivity contribution in [3.63, 3.8) is 0 Å². The van der Waals surface area contributed by atoms with Crippen LogP contribution < -0.4 is 5.32 Å². The third-order valence-corrected chi connectivity index (χ3v) is 3.69. The molecule has 5 heteroatoms. The lowest BCUT2D eigenvalue weighted by Gasteiger charge is -2.00. The molecule has 0 spiro atoms. The number of anilines is 1. The molecular weight excluding hydrogens is 262 g/mol. The Morgan fingerprint density at radius 2 is 1.95 bits per heavy atom. The predicted molar refractivity (Wildman–Crippen MR) is 75.6 cm³/mol. The number of hydrogen-bond acceptors (Lipinski definition) is 3. The van der Waals surface area contributed by atoms with Crippen molar-refractivity contribution in [2.75, 3.05) is 5.32 Å². The highest BCUT2D eigenvalue weighted by molar-refractivity contribution is 7.20. The Hall–Kier alpha value is -2.14. The zero-order valence-corrected chi connectivity index (χ0v) is 11.2. The summed E-state index contributed by atoms with van der Waals surface area (Å²) in [5, 5.41) is 12.2. The number of amides is 1. The first-order valence-corrected chi connectivity index (χ1v) is 6.66.